The van der Waals surface area contributed by atoms with Crippen molar-refractivity contribution in [2.24, 2.45) is 0 Å². The van der Waals surface area contributed by atoms with Gasteiger partial charge in [-0.05, 0) is 37.8 Å². The quantitative estimate of drug-likeness (QED) is 0.646. The summed E-state index contributed by atoms with van der Waals surface area (Å²) >= 11 is 6.06. The minimum absolute atomic E-state index is 0.0760. The number of aliphatic hydroxyl groups is 1. The number of hydrogen-bond donors (Lipinski definition) is 2. The van der Waals surface area contributed by atoms with Gasteiger partial charge in [-0.1, -0.05) is 11.6 Å². The molecule has 11 heteroatoms. The second-order valence-electron chi connectivity index (χ2n) is 7.40. The van der Waals surface area contributed by atoms with Gasteiger partial charge in [0.25, 0.3) is 0 Å². The molecule has 4 heterocycles. The molecule has 160 valence electrons. The van der Waals surface area contributed by atoms with E-state index >= 15 is 0 Å². The monoisotopic (exact) mass is 438 g/mol. The Balaban J connectivity index is 0.000000265. The van der Waals surface area contributed by atoms with E-state index in [-0.39, 0.29) is 17.2 Å². The largest absolute Gasteiger partial charge is 0.391 e. The number of nitrogen functional groups attached to an aromatic ring is 1. The summed E-state index contributed by atoms with van der Waals surface area (Å²) in [6, 6.07) is 3.29. The number of rotatable bonds is 3. The summed E-state index contributed by atoms with van der Waals surface area (Å²) in [6.07, 6.45) is 3.22. The average molecular weight is 439 g/mol. The van der Waals surface area contributed by atoms with Gasteiger partial charge in [0.2, 0.25) is 12.4 Å². The van der Waals surface area contributed by atoms with Crippen LogP contribution in [0, 0.1) is 0 Å². The number of aromatic nitrogens is 5. The molecule has 0 spiro atoms. The molecule has 2 fully saturated rings. The van der Waals surface area contributed by atoms with Crippen LogP contribution in [0.2, 0.25) is 5.15 Å². The standard InChI is InChI=1S/C14H11ClF2N6.C5H10O2/c15-10-8-6-20-13(18)22-23(8)11(21-10)7-1-2-9(19-5-7)14(3-4-14)12(16)17;6-5-2-1-3-7-4-5/h1-2,5-6,12H,3-4H2,(H2,18,22);5-6H,1-4H2. The molecular weight excluding hydrogens is 418 g/mol. The van der Waals surface area contributed by atoms with Gasteiger partial charge in [0.15, 0.2) is 11.0 Å². The van der Waals surface area contributed by atoms with Gasteiger partial charge in [0, 0.05) is 18.4 Å². The maximum atomic E-state index is 13.1. The zero-order chi connectivity index (χ0) is 21.3. The first kappa shape index (κ1) is 20.8. The maximum Gasteiger partial charge on any atom is 0.249 e. The number of fused-ring (bicyclic) bond motifs is 1. The number of halogens is 3. The summed E-state index contributed by atoms with van der Waals surface area (Å²) in [7, 11) is 0. The van der Waals surface area contributed by atoms with E-state index in [1.165, 1.54) is 16.9 Å². The van der Waals surface area contributed by atoms with Crippen molar-refractivity contribution in [2.45, 2.75) is 43.6 Å². The van der Waals surface area contributed by atoms with E-state index in [0.717, 1.165) is 19.4 Å². The number of imidazole rings is 1. The fourth-order valence-electron chi connectivity index (χ4n) is 3.32. The Morgan fingerprint density at radius 2 is 2.07 bits per heavy atom. The van der Waals surface area contributed by atoms with E-state index in [9.17, 15) is 8.78 Å². The molecule has 0 amide bonds. The van der Waals surface area contributed by atoms with Crippen LogP contribution in [0.1, 0.15) is 31.4 Å². The molecule has 0 bridgehead atoms. The summed E-state index contributed by atoms with van der Waals surface area (Å²) in [6.45, 7) is 1.37. The highest BCUT2D eigenvalue weighted by Gasteiger charge is 2.53. The van der Waals surface area contributed by atoms with E-state index in [1.54, 1.807) is 12.1 Å². The van der Waals surface area contributed by atoms with Gasteiger partial charge in [-0.15, -0.1) is 5.10 Å². The van der Waals surface area contributed by atoms with E-state index < -0.39 is 11.8 Å². The number of aliphatic hydroxyl groups excluding tert-OH is 1. The predicted molar refractivity (Wildman–Crippen MR) is 106 cm³/mol. The molecule has 0 radical (unpaired) electrons. The number of pyridine rings is 1. The Labute approximate surface area is 176 Å². The van der Waals surface area contributed by atoms with Gasteiger partial charge in [-0.2, -0.15) is 0 Å². The number of hydrogen-bond acceptors (Lipinski definition) is 7. The van der Waals surface area contributed by atoms with Crippen LogP contribution in [0.15, 0.2) is 24.5 Å². The van der Waals surface area contributed by atoms with Gasteiger partial charge in [0.05, 0.1) is 30.0 Å². The zero-order valence-electron chi connectivity index (χ0n) is 16.0. The smallest absolute Gasteiger partial charge is 0.249 e. The number of nitrogens with two attached hydrogens (primary N) is 1. The third-order valence-electron chi connectivity index (χ3n) is 5.24. The lowest BCUT2D eigenvalue weighted by molar-refractivity contribution is -0.00535. The molecule has 1 aliphatic carbocycles. The molecular formula is C19H21ClF2N6O2. The number of anilines is 1. The molecule has 5 rings (SSSR count). The molecule has 3 N–H and O–H groups in total. The van der Waals surface area contributed by atoms with Crippen LogP contribution < -0.4 is 5.73 Å². The van der Waals surface area contributed by atoms with Crippen molar-refractivity contribution in [3.8, 4) is 11.4 Å². The highest BCUT2D eigenvalue weighted by atomic mass is 35.5. The normalized spacial score (nSPS) is 20.1. The number of nitrogens with zero attached hydrogens (tertiary/aromatic N) is 5. The lowest BCUT2D eigenvalue weighted by Crippen LogP contribution is -2.21. The highest BCUT2D eigenvalue weighted by Crippen LogP contribution is 2.52. The Morgan fingerprint density at radius 3 is 2.60 bits per heavy atom. The molecule has 0 aromatic carbocycles. The van der Waals surface area contributed by atoms with Crippen LogP contribution in [0.3, 0.4) is 0 Å². The second-order valence-corrected chi connectivity index (χ2v) is 7.76. The Morgan fingerprint density at radius 1 is 1.27 bits per heavy atom. The lowest BCUT2D eigenvalue weighted by atomic mass is 10.0. The van der Waals surface area contributed by atoms with Crippen molar-refractivity contribution in [1.82, 2.24) is 24.6 Å². The van der Waals surface area contributed by atoms with Gasteiger partial charge in [-0.25, -0.2) is 23.3 Å². The minimum Gasteiger partial charge on any atom is -0.391 e. The van der Waals surface area contributed by atoms with Crippen LogP contribution in [0.4, 0.5) is 14.7 Å². The molecule has 1 atom stereocenters. The summed E-state index contributed by atoms with van der Waals surface area (Å²) < 4.78 is 32.7. The molecule has 2 aliphatic rings. The van der Waals surface area contributed by atoms with Gasteiger partial charge < -0.3 is 15.6 Å². The predicted octanol–water partition coefficient (Wildman–Crippen LogP) is 2.88. The molecule has 1 saturated heterocycles. The first-order chi connectivity index (χ1) is 14.4. The Bertz CT molecular complexity index is 1020. The van der Waals surface area contributed by atoms with Gasteiger partial charge in [0.1, 0.15) is 5.52 Å². The first-order valence-corrected chi connectivity index (χ1v) is 9.96. The van der Waals surface area contributed by atoms with Crippen molar-refractivity contribution in [1.29, 1.82) is 0 Å². The fraction of sp³-hybridized carbons (Fsp3) is 0.474. The molecule has 1 unspecified atom stereocenters. The van der Waals surface area contributed by atoms with E-state index in [0.29, 0.717) is 42.0 Å². The molecule has 3 aromatic heterocycles. The summed E-state index contributed by atoms with van der Waals surface area (Å²) in [5, 5.41) is 13.1. The summed E-state index contributed by atoms with van der Waals surface area (Å²) in [5.74, 6) is 0.507. The molecule has 3 aromatic rings. The molecule has 1 saturated carbocycles. The van der Waals surface area contributed by atoms with Crippen LogP contribution in [0.25, 0.3) is 16.9 Å². The third kappa shape index (κ3) is 4.07. The lowest BCUT2D eigenvalue weighted by Gasteiger charge is -2.15. The fourth-order valence-corrected chi connectivity index (χ4v) is 3.52. The van der Waals surface area contributed by atoms with Crippen LogP contribution in [-0.2, 0) is 10.2 Å². The van der Waals surface area contributed by atoms with Crippen molar-refractivity contribution in [2.75, 3.05) is 18.9 Å². The van der Waals surface area contributed by atoms with Crippen molar-refractivity contribution < 1.29 is 18.6 Å². The number of ether oxygens (including phenoxy) is 1. The van der Waals surface area contributed by atoms with Crippen molar-refractivity contribution in [3.05, 3.63) is 35.4 Å². The van der Waals surface area contributed by atoms with E-state index in [1.807, 2.05) is 0 Å². The van der Waals surface area contributed by atoms with Crippen LogP contribution >= 0.6 is 11.6 Å². The molecule has 8 nitrogen and oxygen atoms in total. The Kier molecular flexibility index (Phi) is 5.81. The summed E-state index contributed by atoms with van der Waals surface area (Å²) in [4.78, 5) is 12.3. The maximum absolute atomic E-state index is 13.1. The third-order valence-corrected chi connectivity index (χ3v) is 5.52. The van der Waals surface area contributed by atoms with Crippen LogP contribution in [-0.4, -0.2) is 55.4 Å². The van der Waals surface area contributed by atoms with E-state index in [2.05, 4.69) is 20.1 Å². The average Bonchev–Trinajstić information content (AvgIpc) is 3.49. The zero-order valence-corrected chi connectivity index (χ0v) is 16.8. The molecule has 1 aliphatic heterocycles. The van der Waals surface area contributed by atoms with E-state index in [4.69, 9.17) is 27.2 Å². The second kappa shape index (κ2) is 8.37. The minimum atomic E-state index is -2.41. The Hall–Kier alpha value is -2.43. The topological polar surface area (TPSA) is 111 Å². The highest BCUT2D eigenvalue weighted by molar-refractivity contribution is 6.32. The molecule has 30 heavy (non-hydrogen) atoms. The van der Waals surface area contributed by atoms with Crippen molar-refractivity contribution >= 4 is 23.1 Å². The van der Waals surface area contributed by atoms with Crippen LogP contribution in [0.5, 0.6) is 0 Å². The number of alkyl halides is 2. The first-order valence-electron chi connectivity index (χ1n) is 9.58. The SMILES string of the molecule is Nc1ncc2c(Cl)nc(-c3ccc(C4(C(F)F)CC4)nc3)n2n1.OC1CCCOC1. The summed E-state index contributed by atoms with van der Waals surface area (Å²) in [5.41, 5.74) is 6.02. The van der Waals surface area contributed by atoms with Gasteiger partial charge >= 0.3 is 0 Å². The van der Waals surface area contributed by atoms with Crippen molar-refractivity contribution in [3.63, 3.8) is 0 Å². The van der Waals surface area contributed by atoms with Gasteiger partial charge in [-0.3, -0.25) is 4.98 Å².